The van der Waals surface area contributed by atoms with Crippen LogP contribution in [-0.4, -0.2) is 17.8 Å². The van der Waals surface area contributed by atoms with Crippen LogP contribution in [0.5, 0.6) is 17.5 Å². The molecule has 0 atom stereocenters. The topological polar surface area (TPSA) is 57.4 Å². The zero-order valence-corrected chi connectivity index (χ0v) is 12.4. The van der Waals surface area contributed by atoms with Crippen LogP contribution in [0, 0.1) is 0 Å². The summed E-state index contributed by atoms with van der Waals surface area (Å²) in [7, 11) is 0. The lowest BCUT2D eigenvalue weighted by atomic mass is 10.3. The molecule has 1 aromatic heterocycles. The molecule has 2 aromatic rings. The van der Waals surface area contributed by atoms with Crippen molar-refractivity contribution in [1.82, 2.24) is 4.98 Å². The number of anilines is 1. The highest BCUT2D eigenvalue weighted by atomic mass is 32.2. The molecule has 0 aliphatic rings. The maximum absolute atomic E-state index is 5.83. The van der Waals surface area contributed by atoms with Gasteiger partial charge in [-0.3, -0.25) is 0 Å². The number of benzene rings is 1. The van der Waals surface area contributed by atoms with Crippen LogP contribution >= 0.6 is 11.8 Å². The number of hydrogen-bond acceptors (Lipinski definition) is 5. The molecular weight excluding hydrogens is 272 g/mol. The van der Waals surface area contributed by atoms with Crippen molar-refractivity contribution in [2.75, 3.05) is 18.6 Å². The summed E-state index contributed by atoms with van der Waals surface area (Å²) >= 11 is 1.63. The van der Waals surface area contributed by atoms with Crippen molar-refractivity contribution >= 4 is 17.4 Å². The van der Waals surface area contributed by atoms with E-state index in [1.807, 2.05) is 37.4 Å². The highest BCUT2D eigenvalue weighted by Gasteiger charge is 2.08. The van der Waals surface area contributed by atoms with E-state index in [0.29, 0.717) is 24.1 Å². The van der Waals surface area contributed by atoms with Crippen molar-refractivity contribution in [3.8, 4) is 17.5 Å². The molecule has 4 nitrogen and oxygen atoms in total. The second kappa shape index (κ2) is 7.05. The molecule has 0 bridgehead atoms. The third kappa shape index (κ3) is 3.57. The first-order chi connectivity index (χ1) is 9.74. The normalized spacial score (nSPS) is 10.3. The lowest BCUT2D eigenvalue weighted by molar-refractivity contribution is 0.302. The Morgan fingerprint density at radius 3 is 2.75 bits per heavy atom. The summed E-state index contributed by atoms with van der Waals surface area (Å²) in [6.07, 6.45) is 2.91. The Morgan fingerprint density at radius 2 is 2.00 bits per heavy atom. The Bertz CT molecular complexity index is 576. The molecule has 1 aromatic carbocycles. The molecule has 0 aliphatic carbocycles. The van der Waals surface area contributed by atoms with Gasteiger partial charge < -0.3 is 15.2 Å². The minimum Gasteiger partial charge on any atom is -0.476 e. The molecule has 0 radical (unpaired) electrons. The SMILES string of the molecule is CCCOc1nc(Oc2ccccc2SC)ccc1N. The smallest absolute Gasteiger partial charge is 0.240 e. The summed E-state index contributed by atoms with van der Waals surface area (Å²) in [6.45, 7) is 2.62. The summed E-state index contributed by atoms with van der Waals surface area (Å²) in [5.41, 5.74) is 6.35. The molecule has 0 spiro atoms. The maximum atomic E-state index is 5.83. The molecule has 0 saturated heterocycles. The van der Waals surface area contributed by atoms with Gasteiger partial charge in [-0.1, -0.05) is 19.1 Å². The molecule has 5 heteroatoms. The molecule has 106 valence electrons. The van der Waals surface area contributed by atoms with Crippen LogP contribution in [0.1, 0.15) is 13.3 Å². The Hall–Kier alpha value is -1.88. The van der Waals surface area contributed by atoms with E-state index in [9.17, 15) is 0 Å². The van der Waals surface area contributed by atoms with Crippen LogP contribution in [-0.2, 0) is 0 Å². The van der Waals surface area contributed by atoms with Gasteiger partial charge >= 0.3 is 0 Å². The van der Waals surface area contributed by atoms with Crippen molar-refractivity contribution in [1.29, 1.82) is 0 Å². The quantitative estimate of drug-likeness (QED) is 0.816. The van der Waals surface area contributed by atoms with Gasteiger partial charge in [-0.05, 0) is 30.9 Å². The molecule has 20 heavy (non-hydrogen) atoms. The van der Waals surface area contributed by atoms with Crippen LogP contribution in [0.4, 0.5) is 5.69 Å². The number of para-hydroxylation sites is 1. The van der Waals surface area contributed by atoms with Gasteiger partial charge in [-0.2, -0.15) is 4.98 Å². The Labute approximate surface area is 123 Å². The van der Waals surface area contributed by atoms with E-state index >= 15 is 0 Å². The zero-order chi connectivity index (χ0) is 14.4. The number of nitrogens with zero attached hydrogens (tertiary/aromatic N) is 1. The number of pyridine rings is 1. The number of rotatable bonds is 6. The molecular formula is C15H18N2O2S. The maximum Gasteiger partial charge on any atom is 0.240 e. The fraction of sp³-hybridized carbons (Fsp3) is 0.267. The van der Waals surface area contributed by atoms with Gasteiger partial charge in [-0.15, -0.1) is 11.8 Å². The standard InChI is InChI=1S/C15H18N2O2S/c1-3-10-18-15-11(16)8-9-14(17-15)19-12-6-4-5-7-13(12)20-2/h4-9H,3,10,16H2,1-2H3. The Morgan fingerprint density at radius 1 is 1.20 bits per heavy atom. The van der Waals surface area contributed by atoms with Crippen molar-refractivity contribution < 1.29 is 9.47 Å². The van der Waals surface area contributed by atoms with E-state index < -0.39 is 0 Å². The highest BCUT2D eigenvalue weighted by Crippen LogP contribution is 2.32. The van der Waals surface area contributed by atoms with E-state index in [2.05, 4.69) is 4.98 Å². The first-order valence-electron chi connectivity index (χ1n) is 6.44. The Kier molecular flexibility index (Phi) is 5.12. The van der Waals surface area contributed by atoms with Crippen LogP contribution in [0.15, 0.2) is 41.3 Å². The lowest BCUT2D eigenvalue weighted by Gasteiger charge is -2.11. The number of hydrogen-bond donors (Lipinski definition) is 1. The summed E-state index contributed by atoms with van der Waals surface area (Å²) in [5.74, 6) is 1.68. The second-order valence-corrected chi connectivity index (χ2v) is 4.99. The first kappa shape index (κ1) is 14.5. The molecule has 0 fully saturated rings. The zero-order valence-electron chi connectivity index (χ0n) is 11.6. The average molecular weight is 290 g/mol. The summed E-state index contributed by atoms with van der Waals surface area (Å²) in [6, 6.07) is 11.3. The van der Waals surface area contributed by atoms with E-state index in [0.717, 1.165) is 17.1 Å². The van der Waals surface area contributed by atoms with Crippen LogP contribution in [0.3, 0.4) is 0 Å². The van der Waals surface area contributed by atoms with Crippen molar-refractivity contribution in [2.24, 2.45) is 0 Å². The molecule has 0 saturated carbocycles. The molecule has 0 aliphatic heterocycles. The van der Waals surface area contributed by atoms with Gasteiger partial charge in [0.2, 0.25) is 11.8 Å². The minimum atomic E-state index is 0.422. The molecule has 0 amide bonds. The lowest BCUT2D eigenvalue weighted by Crippen LogP contribution is -2.02. The van der Waals surface area contributed by atoms with E-state index in [4.69, 9.17) is 15.2 Å². The molecule has 2 N–H and O–H groups in total. The van der Waals surface area contributed by atoms with Gasteiger partial charge in [0.05, 0.1) is 12.3 Å². The van der Waals surface area contributed by atoms with Crippen LogP contribution < -0.4 is 15.2 Å². The third-order valence-electron chi connectivity index (χ3n) is 2.59. The highest BCUT2D eigenvalue weighted by molar-refractivity contribution is 7.98. The molecule has 2 rings (SSSR count). The van der Waals surface area contributed by atoms with Crippen molar-refractivity contribution in [3.63, 3.8) is 0 Å². The van der Waals surface area contributed by atoms with E-state index in [1.165, 1.54) is 0 Å². The number of ether oxygens (including phenoxy) is 2. The third-order valence-corrected chi connectivity index (χ3v) is 3.37. The minimum absolute atomic E-state index is 0.422. The van der Waals surface area contributed by atoms with E-state index in [1.54, 1.807) is 23.9 Å². The number of aromatic nitrogens is 1. The van der Waals surface area contributed by atoms with Gasteiger partial charge in [0.1, 0.15) is 5.75 Å². The van der Waals surface area contributed by atoms with Gasteiger partial charge in [-0.25, -0.2) is 0 Å². The van der Waals surface area contributed by atoms with Crippen molar-refractivity contribution in [2.45, 2.75) is 18.2 Å². The van der Waals surface area contributed by atoms with Crippen molar-refractivity contribution in [3.05, 3.63) is 36.4 Å². The van der Waals surface area contributed by atoms with Crippen LogP contribution in [0.25, 0.3) is 0 Å². The average Bonchev–Trinajstić information content (AvgIpc) is 2.48. The fourth-order valence-corrected chi connectivity index (χ4v) is 2.15. The van der Waals surface area contributed by atoms with Gasteiger partial charge in [0.15, 0.2) is 0 Å². The number of nitrogens with two attached hydrogens (primary N) is 1. The first-order valence-corrected chi connectivity index (χ1v) is 7.67. The van der Waals surface area contributed by atoms with Gasteiger partial charge in [0, 0.05) is 11.0 Å². The number of nitrogen functional groups attached to an aromatic ring is 1. The monoisotopic (exact) mass is 290 g/mol. The molecule has 0 unspecified atom stereocenters. The molecule has 1 heterocycles. The summed E-state index contributed by atoms with van der Waals surface area (Å²) in [4.78, 5) is 5.36. The summed E-state index contributed by atoms with van der Waals surface area (Å²) < 4.78 is 11.3. The van der Waals surface area contributed by atoms with Gasteiger partial charge in [0.25, 0.3) is 0 Å². The largest absolute Gasteiger partial charge is 0.476 e. The predicted molar refractivity (Wildman–Crippen MR) is 82.7 cm³/mol. The second-order valence-electron chi connectivity index (χ2n) is 4.15. The Balaban J connectivity index is 2.20. The van der Waals surface area contributed by atoms with E-state index in [-0.39, 0.29) is 0 Å². The van der Waals surface area contributed by atoms with Crippen LogP contribution in [0.2, 0.25) is 0 Å². The predicted octanol–water partition coefficient (Wildman–Crippen LogP) is 3.97. The fourth-order valence-electron chi connectivity index (χ4n) is 1.62. The number of thioether (sulfide) groups is 1. The summed E-state index contributed by atoms with van der Waals surface area (Å²) in [5, 5.41) is 0.